The highest BCUT2D eigenvalue weighted by molar-refractivity contribution is 6.30. The first-order chi connectivity index (χ1) is 16.5. The van der Waals surface area contributed by atoms with Gasteiger partial charge in [0.05, 0.1) is 13.7 Å². The van der Waals surface area contributed by atoms with Crippen molar-refractivity contribution in [3.63, 3.8) is 0 Å². The van der Waals surface area contributed by atoms with Crippen molar-refractivity contribution in [1.29, 1.82) is 0 Å². The minimum absolute atomic E-state index is 0.0678. The van der Waals surface area contributed by atoms with Crippen LogP contribution in [0.15, 0.2) is 48.5 Å². The van der Waals surface area contributed by atoms with Crippen LogP contribution in [-0.4, -0.2) is 42.5 Å². The van der Waals surface area contributed by atoms with E-state index >= 15 is 0 Å². The highest BCUT2D eigenvalue weighted by Gasteiger charge is 2.27. The van der Waals surface area contributed by atoms with Crippen molar-refractivity contribution in [3.05, 3.63) is 59.1 Å². The monoisotopic (exact) mass is 486 g/mol. The van der Waals surface area contributed by atoms with E-state index in [1.54, 1.807) is 36.3 Å². The smallest absolute Gasteiger partial charge is 0.242 e. The van der Waals surface area contributed by atoms with Gasteiger partial charge in [0.15, 0.2) is 0 Å². The lowest BCUT2D eigenvalue weighted by molar-refractivity contribution is -0.141. The summed E-state index contributed by atoms with van der Waals surface area (Å²) in [7, 11) is 1.62. The van der Waals surface area contributed by atoms with Crippen molar-refractivity contribution in [1.82, 2.24) is 10.2 Å². The summed E-state index contributed by atoms with van der Waals surface area (Å²) < 4.78 is 11.0. The number of hydrogen-bond acceptors (Lipinski definition) is 4. The molecule has 0 aliphatic heterocycles. The van der Waals surface area contributed by atoms with Crippen LogP contribution in [0.5, 0.6) is 11.5 Å². The molecule has 3 rings (SSSR count). The van der Waals surface area contributed by atoms with E-state index < -0.39 is 6.04 Å². The number of carbonyl (C=O) groups excluding carboxylic acids is 2. The summed E-state index contributed by atoms with van der Waals surface area (Å²) >= 11 is 5.90. The number of methoxy groups -OCH3 is 1. The quantitative estimate of drug-likeness (QED) is 0.433. The first-order valence-electron chi connectivity index (χ1n) is 12.1. The van der Waals surface area contributed by atoms with Gasteiger partial charge in [0, 0.05) is 24.0 Å². The number of rotatable bonds is 11. The third-order valence-electron chi connectivity index (χ3n) is 6.25. The zero-order chi connectivity index (χ0) is 24.3. The molecule has 1 saturated carbocycles. The molecule has 0 radical (unpaired) electrons. The van der Waals surface area contributed by atoms with Crippen LogP contribution in [0.2, 0.25) is 5.02 Å². The Balaban J connectivity index is 1.60. The number of carbonyl (C=O) groups is 2. The average Bonchev–Trinajstić information content (AvgIpc) is 2.86. The van der Waals surface area contributed by atoms with Gasteiger partial charge in [-0.3, -0.25) is 9.59 Å². The maximum atomic E-state index is 13.2. The summed E-state index contributed by atoms with van der Waals surface area (Å²) in [4.78, 5) is 27.9. The summed E-state index contributed by atoms with van der Waals surface area (Å²) in [5, 5.41) is 3.81. The Labute approximate surface area is 207 Å². The molecule has 1 fully saturated rings. The van der Waals surface area contributed by atoms with E-state index in [1.807, 2.05) is 31.2 Å². The van der Waals surface area contributed by atoms with E-state index in [0.29, 0.717) is 36.8 Å². The predicted octanol–water partition coefficient (Wildman–Crippen LogP) is 5.37. The molecule has 6 nitrogen and oxygen atoms in total. The molecule has 2 amide bonds. The number of benzene rings is 2. The van der Waals surface area contributed by atoms with Gasteiger partial charge in [0.1, 0.15) is 17.5 Å². The molecule has 1 N–H and O–H groups in total. The minimum atomic E-state index is -0.561. The highest BCUT2D eigenvalue weighted by atomic mass is 35.5. The van der Waals surface area contributed by atoms with Crippen molar-refractivity contribution in [2.24, 2.45) is 0 Å². The summed E-state index contributed by atoms with van der Waals surface area (Å²) in [5.74, 6) is 1.31. The summed E-state index contributed by atoms with van der Waals surface area (Å²) in [5.41, 5.74) is 0.948. The van der Waals surface area contributed by atoms with Crippen LogP contribution in [-0.2, 0) is 16.1 Å². The first-order valence-corrected chi connectivity index (χ1v) is 12.4. The predicted molar refractivity (Wildman–Crippen MR) is 134 cm³/mol. The third kappa shape index (κ3) is 7.94. The molecule has 34 heavy (non-hydrogen) atoms. The van der Waals surface area contributed by atoms with E-state index in [0.717, 1.165) is 37.0 Å². The molecule has 7 heteroatoms. The third-order valence-corrected chi connectivity index (χ3v) is 6.50. The van der Waals surface area contributed by atoms with Crippen molar-refractivity contribution < 1.29 is 19.1 Å². The number of hydrogen-bond donors (Lipinski definition) is 1. The van der Waals surface area contributed by atoms with Crippen LogP contribution < -0.4 is 14.8 Å². The molecule has 0 saturated heterocycles. The van der Waals surface area contributed by atoms with Gasteiger partial charge < -0.3 is 19.7 Å². The van der Waals surface area contributed by atoms with Crippen LogP contribution in [0, 0.1) is 0 Å². The fourth-order valence-corrected chi connectivity index (χ4v) is 4.29. The second-order valence-electron chi connectivity index (χ2n) is 8.80. The lowest BCUT2D eigenvalue weighted by Crippen LogP contribution is -2.50. The summed E-state index contributed by atoms with van der Waals surface area (Å²) in [6, 6.07) is 14.4. The summed E-state index contributed by atoms with van der Waals surface area (Å²) in [6.07, 6.45) is 6.37. The highest BCUT2D eigenvalue weighted by Crippen LogP contribution is 2.20. The lowest BCUT2D eigenvalue weighted by Gasteiger charge is -2.31. The molecule has 1 atom stereocenters. The number of nitrogens with zero attached hydrogens (tertiary/aromatic N) is 1. The zero-order valence-corrected chi connectivity index (χ0v) is 20.9. The van der Waals surface area contributed by atoms with Crippen LogP contribution in [0.4, 0.5) is 0 Å². The fraction of sp³-hybridized carbons (Fsp3) is 0.481. The largest absolute Gasteiger partial charge is 0.497 e. The molecule has 2 aromatic carbocycles. The van der Waals surface area contributed by atoms with E-state index in [-0.39, 0.29) is 17.9 Å². The lowest BCUT2D eigenvalue weighted by atomic mass is 9.95. The van der Waals surface area contributed by atoms with E-state index in [1.165, 1.54) is 6.42 Å². The van der Waals surface area contributed by atoms with E-state index in [4.69, 9.17) is 21.1 Å². The Morgan fingerprint density at radius 2 is 1.68 bits per heavy atom. The minimum Gasteiger partial charge on any atom is -0.497 e. The Hall–Kier alpha value is -2.73. The van der Waals surface area contributed by atoms with Crippen molar-refractivity contribution >= 4 is 23.4 Å². The molecule has 0 heterocycles. The van der Waals surface area contributed by atoms with Gasteiger partial charge in [-0.05, 0) is 68.1 Å². The van der Waals surface area contributed by atoms with Crippen molar-refractivity contribution in [2.75, 3.05) is 13.7 Å². The topological polar surface area (TPSA) is 67.9 Å². The zero-order valence-electron chi connectivity index (χ0n) is 20.1. The molecular weight excluding hydrogens is 452 g/mol. The number of amides is 2. The van der Waals surface area contributed by atoms with Crippen LogP contribution in [0.1, 0.15) is 57.4 Å². The van der Waals surface area contributed by atoms with Crippen molar-refractivity contribution in [2.45, 2.75) is 70.5 Å². The van der Waals surface area contributed by atoms with E-state index in [2.05, 4.69) is 5.32 Å². The van der Waals surface area contributed by atoms with Crippen molar-refractivity contribution in [3.8, 4) is 11.5 Å². The second-order valence-corrected chi connectivity index (χ2v) is 9.23. The Morgan fingerprint density at radius 1 is 1.03 bits per heavy atom. The molecule has 1 aliphatic carbocycles. The molecule has 184 valence electrons. The van der Waals surface area contributed by atoms with Gasteiger partial charge in [-0.1, -0.05) is 43.0 Å². The number of nitrogens with one attached hydrogen (secondary N) is 1. The fourth-order valence-electron chi connectivity index (χ4n) is 4.17. The molecule has 0 spiro atoms. The standard InChI is InChI=1S/C27H35ClN2O4/c1-20(27(32)29-23-7-4-3-5-8-23)30(19-21-10-14-24(33-2)15-11-21)26(31)9-6-18-34-25-16-12-22(28)13-17-25/h10-17,20,23H,3-9,18-19H2,1-2H3,(H,29,32). The second kappa shape index (κ2) is 13.2. The van der Waals surface area contributed by atoms with Gasteiger partial charge in [-0.25, -0.2) is 0 Å². The normalized spacial score (nSPS) is 14.8. The van der Waals surface area contributed by atoms with Crippen LogP contribution >= 0.6 is 11.6 Å². The summed E-state index contributed by atoms with van der Waals surface area (Å²) in [6.45, 7) is 2.58. The molecule has 0 aromatic heterocycles. The van der Waals surface area contributed by atoms with Gasteiger partial charge in [0.2, 0.25) is 11.8 Å². The first kappa shape index (κ1) is 25.9. The maximum Gasteiger partial charge on any atom is 0.242 e. The van der Waals surface area contributed by atoms with Gasteiger partial charge in [0.25, 0.3) is 0 Å². The Morgan fingerprint density at radius 3 is 2.32 bits per heavy atom. The molecule has 1 aliphatic rings. The average molecular weight is 487 g/mol. The maximum absolute atomic E-state index is 13.2. The van der Waals surface area contributed by atoms with Crippen LogP contribution in [0.25, 0.3) is 0 Å². The van der Waals surface area contributed by atoms with Gasteiger partial charge >= 0.3 is 0 Å². The van der Waals surface area contributed by atoms with Gasteiger partial charge in [-0.15, -0.1) is 0 Å². The van der Waals surface area contributed by atoms with E-state index in [9.17, 15) is 9.59 Å². The van der Waals surface area contributed by atoms with Crippen LogP contribution in [0.3, 0.4) is 0 Å². The van der Waals surface area contributed by atoms with Gasteiger partial charge in [-0.2, -0.15) is 0 Å². The molecule has 1 unspecified atom stereocenters. The number of ether oxygens (including phenoxy) is 2. The molecule has 0 bridgehead atoms. The molecular formula is C27H35ClN2O4. The Bertz CT molecular complexity index is 911. The Kier molecular flexibility index (Phi) is 10.1. The molecule has 2 aromatic rings. The SMILES string of the molecule is COc1ccc(CN(C(=O)CCCOc2ccc(Cl)cc2)C(C)C(=O)NC2CCCCC2)cc1. The number of halogens is 1.